The molecule has 0 saturated heterocycles. The second-order valence-electron chi connectivity index (χ2n) is 9.20. The molecular formula is C19H33NO3. The van der Waals surface area contributed by atoms with Crippen LogP contribution >= 0.6 is 0 Å². The van der Waals surface area contributed by atoms with Gasteiger partial charge in [0.05, 0.1) is 11.3 Å². The summed E-state index contributed by atoms with van der Waals surface area (Å²) in [7, 11) is 1.59. The first-order valence-electron chi connectivity index (χ1n) is 8.09. The zero-order valence-electron chi connectivity index (χ0n) is 16.4. The summed E-state index contributed by atoms with van der Waals surface area (Å²) in [6, 6.07) is 0. The lowest BCUT2D eigenvalue weighted by atomic mass is 9.71. The van der Waals surface area contributed by atoms with Crippen LogP contribution in [0.2, 0.25) is 0 Å². The number of ether oxygens (including phenoxy) is 1. The van der Waals surface area contributed by atoms with Crippen LogP contribution in [0.15, 0.2) is 23.3 Å². The number of allylic oxidation sites excluding steroid dienone is 2. The molecule has 1 N–H and O–H groups in total. The van der Waals surface area contributed by atoms with Crippen LogP contribution in [0.1, 0.15) is 62.3 Å². The van der Waals surface area contributed by atoms with Crippen molar-refractivity contribution in [3.63, 3.8) is 0 Å². The zero-order valence-corrected chi connectivity index (χ0v) is 16.4. The van der Waals surface area contributed by atoms with Gasteiger partial charge in [0.15, 0.2) is 0 Å². The Kier molecular flexibility index (Phi) is 5.37. The second-order valence-corrected chi connectivity index (χ2v) is 9.20. The highest BCUT2D eigenvalue weighted by atomic mass is 17.2. The molecule has 0 bridgehead atoms. The van der Waals surface area contributed by atoms with Gasteiger partial charge in [-0.3, -0.25) is 0 Å². The standard InChI is InChI=1S/C19H33NO3/c1-16(2,3)13-11-19(21-10,23-22-18(7,8)9)12-14(15(13)20)17(4,5)6/h11-12,20H,1-10H3. The monoisotopic (exact) mass is 323 g/mol. The topological polar surface area (TPSA) is 51.5 Å². The normalized spacial score (nSPS) is 23.7. The summed E-state index contributed by atoms with van der Waals surface area (Å²) in [6.45, 7) is 18.3. The fourth-order valence-corrected chi connectivity index (χ4v) is 2.31. The van der Waals surface area contributed by atoms with Crippen LogP contribution in [0.5, 0.6) is 0 Å². The van der Waals surface area contributed by atoms with E-state index in [9.17, 15) is 0 Å². The fraction of sp³-hybridized carbons (Fsp3) is 0.737. The van der Waals surface area contributed by atoms with Crippen molar-refractivity contribution in [2.75, 3.05) is 7.11 Å². The first-order valence-corrected chi connectivity index (χ1v) is 8.09. The van der Waals surface area contributed by atoms with E-state index in [2.05, 4.69) is 41.5 Å². The minimum atomic E-state index is -1.12. The quantitative estimate of drug-likeness (QED) is 0.449. The van der Waals surface area contributed by atoms with Gasteiger partial charge in [0, 0.05) is 7.11 Å². The van der Waals surface area contributed by atoms with Crippen molar-refractivity contribution < 1.29 is 14.5 Å². The zero-order chi connectivity index (χ0) is 18.3. The lowest BCUT2D eigenvalue weighted by molar-refractivity contribution is -0.428. The van der Waals surface area contributed by atoms with Crippen molar-refractivity contribution in [2.24, 2.45) is 10.8 Å². The fourth-order valence-electron chi connectivity index (χ4n) is 2.31. The third kappa shape index (κ3) is 5.00. The van der Waals surface area contributed by atoms with Gasteiger partial charge in [-0.15, -0.1) is 0 Å². The summed E-state index contributed by atoms with van der Waals surface area (Å²) in [5.41, 5.74) is 1.47. The average molecular weight is 323 g/mol. The molecule has 1 rings (SSSR count). The number of nitrogens with one attached hydrogen (secondary N) is 1. The molecule has 0 aromatic carbocycles. The molecule has 1 aliphatic rings. The van der Waals surface area contributed by atoms with Gasteiger partial charge in [0.1, 0.15) is 0 Å². The lowest BCUT2D eigenvalue weighted by Gasteiger charge is -2.39. The van der Waals surface area contributed by atoms with E-state index in [1.54, 1.807) is 7.11 Å². The highest BCUT2D eigenvalue weighted by molar-refractivity contribution is 6.13. The molecule has 0 fully saturated rings. The summed E-state index contributed by atoms with van der Waals surface area (Å²) in [4.78, 5) is 11.2. The van der Waals surface area contributed by atoms with Crippen molar-refractivity contribution >= 4 is 5.71 Å². The van der Waals surface area contributed by atoms with Crippen LogP contribution < -0.4 is 0 Å². The number of hydrogen-bond donors (Lipinski definition) is 1. The van der Waals surface area contributed by atoms with Gasteiger partial charge in [-0.25, -0.2) is 4.89 Å². The highest BCUT2D eigenvalue weighted by Crippen LogP contribution is 2.42. The predicted octanol–water partition coefficient (Wildman–Crippen LogP) is 5.05. The molecule has 0 spiro atoms. The molecule has 0 saturated carbocycles. The molecule has 0 aliphatic heterocycles. The number of hydrogen-bond acceptors (Lipinski definition) is 4. The van der Waals surface area contributed by atoms with Gasteiger partial charge in [-0.1, -0.05) is 41.5 Å². The van der Waals surface area contributed by atoms with Crippen molar-refractivity contribution in [2.45, 2.75) is 73.7 Å². The van der Waals surface area contributed by atoms with E-state index in [1.165, 1.54) is 0 Å². The smallest absolute Gasteiger partial charge is 0.241 e. The average Bonchev–Trinajstić information content (AvgIpc) is 2.34. The second kappa shape index (κ2) is 6.15. The Hall–Kier alpha value is -0.970. The Balaban J connectivity index is 3.43. The molecule has 0 aromatic rings. The van der Waals surface area contributed by atoms with Gasteiger partial charge in [-0.05, 0) is 54.9 Å². The summed E-state index contributed by atoms with van der Waals surface area (Å²) in [6.07, 6.45) is 3.71. The van der Waals surface area contributed by atoms with Crippen LogP contribution in [0.3, 0.4) is 0 Å². The lowest BCUT2D eigenvalue weighted by Crippen LogP contribution is -2.41. The van der Waals surface area contributed by atoms with Gasteiger partial charge in [-0.2, -0.15) is 4.89 Å². The Morgan fingerprint density at radius 3 is 1.48 bits per heavy atom. The van der Waals surface area contributed by atoms with Crippen molar-refractivity contribution in [3.05, 3.63) is 23.3 Å². The van der Waals surface area contributed by atoms with E-state index in [0.29, 0.717) is 5.71 Å². The minimum absolute atomic E-state index is 0.198. The molecule has 23 heavy (non-hydrogen) atoms. The Morgan fingerprint density at radius 2 is 1.22 bits per heavy atom. The predicted molar refractivity (Wildman–Crippen MR) is 94.5 cm³/mol. The maximum absolute atomic E-state index is 8.63. The van der Waals surface area contributed by atoms with Crippen LogP contribution in [0.25, 0.3) is 0 Å². The molecule has 132 valence electrons. The first kappa shape index (κ1) is 20.1. The SMILES string of the molecule is COC1(OOC(C)(C)C)C=C(C(C)(C)C)C(=N)C(C(C)(C)C)=C1. The molecule has 0 unspecified atom stereocenters. The third-order valence-corrected chi connectivity index (χ3v) is 3.59. The molecule has 4 nitrogen and oxygen atoms in total. The molecule has 0 heterocycles. The Labute approximate surface area is 141 Å². The van der Waals surface area contributed by atoms with Gasteiger partial charge in [0.2, 0.25) is 5.79 Å². The molecule has 0 radical (unpaired) electrons. The Morgan fingerprint density at radius 1 is 0.826 bits per heavy atom. The summed E-state index contributed by atoms with van der Waals surface area (Å²) in [5, 5.41) is 8.63. The van der Waals surface area contributed by atoms with E-state index in [1.807, 2.05) is 32.9 Å². The maximum atomic E-state index is 8.63. The molecule has 0 aromatic heterocycles. The summed E-state index contributed by atoms with van der Waals surface area (Å²) in [5.74, 6) is -1.12. The van der Waals surface area contributed by atoms with E-state index < -0.39 is 11.4 Å². The van der Waals surface area contributed by atoms with Crippen LogP contribution in [-0.4, -0.2) is 24.2 Å². The molecule has 0 atom stereocenters. The van der Waals surface area contributed by atoms with Crippen molar-refractivity contribution in [1.29, 1.82) is 5.41 Å². The van der Waals surface area contributed by atoms with Crippen LogP contribution in [-0.2, 0) is 14.5 Å². The van der Waals surface area contributed by atoms with E-state index >= 15 is 0 Å². The molecule has 1 aliphatic carbocycles. The molecule has 4 heteroatoms. The minimum Gasteiger partial charge on any atom is -0.344 e. The van der Waals surface area contributed by atoms with Crippen molar-refractivity contribution in [1.82, 2.24) is 0 Å². The van der Waals surface area contributed by atoms with Gasteiger partial charge >= 0.3 is 0 Å². The molecule has 0 amide bonds. The van der Waals surface area contributed by atoms with E-state index in [-0.39, 0.29) is 10.8 Å². The number of rotatable bonds is 3. The summed E-state index contributed by atoms with van der Waals surface area (Å²) >= 11 is 0. The number of methoxy groups -OCH3 is 1. The van der Waals surface area contributed by atoms with Crippen LogP contribution in [0.4, 0.5) is 0 Å². The van der Waals surface area contributed by atoms with E-state index in [4.69, 9.17) is 19.9 Å². The maximum Gasteiger partial charge on any atom is 0.241 e. The largest absolute Gasteiger partial charge is 0.344 e. The van der Waals surface area contributed by atoms with Crippen LogP contribution in [0, 0.1) is 16.2 Å². The van der Waals surface area contributed by atoms with E-state index in [0.717, 1.165) is 11.1 Å². The third-order valence-electron chi connectivity index (χ3n) is 3.59. The molecular weight excluding hydrogens is 290 g/mol. The Bertz CT molecular complexity index is 488. The summed E-state index contributed by atoms with van der Waals surface area (Å²) < 4.78 is 5.68. The van der Waals surface area contributed by atoms with Gasteiger partial charge < -0.3 is 10.1 Å². The first-order chi connectivity index (χ1) is 10.1. The van der Waals surface area contributed by atoms with Crippen molar-refractivity contribution in [3.8, 4) is 0 Å². The highest BCUT2D eigenvalue weighted by Gasteiger charge is 2.41. The van der Waals surface area contributed by atoms with Gasteiger partial charge in [0.25, 0.3) is 0 Å².